The summed E-state index contributed by atoms with van der Waals surface area (Å²) in [5, 5.41) is 18.5. The van der Waals surface area contributed by atoms with E-state index in [1.54, 1.807) is 6.07 Å². The van der Waals surface area contributed by atoms with Crippen molar-refractivity contribution >= 4 is 40.3 Å². The second-order valence-electron chi connectivity index (χ2n) is 3.57. The number of nitrogens with zero attached hydrogens (tertiary/aromatic N) is 2. The summed E-state index contributed by atoms with van der Waals surface area (Å²) in [6.07, 6.45) is 0. The third kappa shape index (κ3) is 4.82. The number of nitrogens with one attached hydrogen (secondary N) is 2. The maximum atomic E-state index is 10.9. The van der Waals surface area contributed by atoms with Crippen LogP contribution in [0.4, 0.5) is 17.1 Å². The third-order valence-corrected chi connectivity index (χ3v) is 2.25. The molecule has 0 aromatic heterocycles. The average Bonchev–Trinajstić information content (AvgIpc) is 2.35. The van der Waals surface area contributed by atoms with Gasteiger partial charge in [0, 0.05) is 25.2 Å². The van der Waals surface area contributed by atoms with Gasteiger partial charge < -0.3 is 10.6 Å². The minimum atomic E-state index is -0.518. The highest BCUT2D eigenvalue weighted by Crippen LogP contribution is 2.27. The Morgan fingerprint density at radius 3 is 2.89 bits per heavy atom. The number of amides is 1. The Labute approximate surface area is 114 Å². The van der Waals surface area contributed by atoms with Gasteiger partial charge in [0.15, 0.2) is 0 Å². The number of isothiocyanates is 1. The van der Waals surface area contributed by atoms with E-state index in [0.717, 1.165) is 0 Å². The van der Waals surface area contributed by atoms with E-state index >= 15 is 0 Å². The molecule has 0 spiro atoms. The number of nitro groups is 1. The summed E-state index contributed by atoms with van der Waals surface area (Å²) < 4.78 is 0. The molecule has 0 fully saturated rings. The van der Waals surface area contributed by atoms with Gasteiger partial charge in [0.2, 0.25) is 5.91 Å². The number of hydrogen-bond acceptors (Lipinski definition) is 6. The van der Waals surface area contributed by atoms with Crippen molar-refractivity contribution in [1.29, 1.82) is 0 Å². The molecule has 7 nitrogen and oxygen atoms in total. The van der Waals surface area contributed by atoms with Crippen molar-refractivity contribution in [2.24, 2.45) is 4.99 Å². The largest absolute Gasteiger partial charge is 0.378 e. The third-order valence-electron chi connectivity index (χ3n) is 2.12. The quantitative estimate of drug-likeness (QED) is 0.273. The van der Waals surface area contributed by atoms with Crippen LogP contribution in [-0.4, -0.2) is 29.1 Å². The normalized spacial score (nSPS) is 9.32. The van der Waals surface area contributed by atoms with Crippen molar-refractivity contribution in [3.8, 4) is 0 Å². The number of anilines is 2. The average molecular weight is 280 g/mol. The summed E-state index contributed by atoms with van der Waals surface area (Å²) in [7, 11) is 0. The van der Waals surface area contributed by atoms with E-state index in [0.29, 0.717) is 24.5 Å². The lowest BCUT2D eigenvalue weighted by molar-refractivity contribution is -0.383. The molecule has 0 bridgehead atoms. The van der Waals surface area contributed by atoms with Crippen molar-refractivity contribution in [1.82, 2.24) is 0 Å². The van der Waals surface area contributed by atoms with Crippen molar-refractivity contribution < 1.29 is 9.72 Å². The van der Waals surface area contributed by atoms with Gasteiger partial charge >= 0.3 is 0 Å². The summed E-state index contributed by atoms with van der Waals surface area (Å²) in [4.78, 5) is 25.0. The molecule has 0 radical (unpaired) electrons. The molecule has 0 aliphatic heterocycles. The topological polar surface area (TPSA) is 96.6 Å². The molecule has 0 saturated heterocycles. The molecule has 1 amide bonds. The van der Waals surface area contributed by atoms with Gasteiger partial charge in [0.1, 0.15) is 5.69 Å². The molecule has 1 aromatic rings. The van der Waals surface area contributed by atoms with Crippen LogP contribution in [0.25, 0.3) is 0 Å². The first-order valence-electron chi connectivity index (χ1n) is 5.38. The highest BCUT2D eigenvalue weighted by molar-refractivity contribution is 7.78. The Kier molecular flexibility index (Phi) is 5.59. The molecule has 8 heteroatoms. The van der Waals surface area contributed by atoms with Crippen molar-refractivity contribution in [2.45, 2.75) is 6.92 Å². The first-order chi connectivity index (χ1) is 9.04. The maximum Gasteiger partial charge on any atom is 0.294 e. The Bertz CT molecular complexity index is 541. The summed E-state index contributed by atoms with van der Waals surface area (Å²) in [6.45, 7) is 2.12. The highest BCUT2D eigenvalue weighted by Gasteiger charge is 2.14. The lowest BCUT2D eigenvalue weighted by Gasteiger charge is -2.07. The zero-order valence-electron chi connectivity index (χ0n) is 10.2. The molecule has 1 rings (SSSR count). The second-order valence-corrected chi connectivity index (χ2v) is 3.75. The molecular formula is C11H12N4O3S. The molecule has 0 saturated carbocycles. The van der Waals surface area contributed by atoms with E-state index in [-0.39, 0.29) is 11.6 Å². The molecule has 0 aliphatic rings. The molecule has 100 valence electrons. The van der Waals surface area contributed by atoms with Gasteiger partial charge in [0.25, 0.3) is 5.69 Å². The fourth-order valence-corrected chi connectivity index (χ4v) is 1.50. The van der Waals surface area contributed by atoms with Crippen LogP contribution in [0, 0.1) is 10.1 Å². The van der Waals surface area contributed by atoms with Gasteiger partial charge in [-0.25, -0.2) is 4.99 Å². The number of aliphatic imine (C=N–C) groups is 1. The molecule has 1 aromatic carbocycles. The minimum absolute atomic E-state index is 0.113. The molecule has 2 N–H and O–H groups in total. The summed E-state index contributed by atoms with van der Waals surface area (Å²) in [6, 6.07) is 4.41. The van der Waals surface area contributed by atoms with Crippen LogP contribution in [0.3, 0.4) is 0 Å². The number of thiocarbonyl (C=S) groups is 1. The Morgan fingerprint density at radius 1 is 1.58 bits per heavy atom. The van der Waals surface area contributed by atoms with E-state index in [2.05, 4.69) is 33.0 Å². The van der Waals surface area contributed by atoms with Crippen molar-refractivity contribution in [2.75, 3.05) is 23.7 Å². The van der Waals surface area contributed by atoms with Crippen LogP contribution in [0.5, 0.6) is 0 Å². The van der Waals surface area contributed by atoms with Crippen LogP contribution >= 0.6 is 12.2 Å². The highest BCUT2D eigenvalue weighted by atomic mass is 32.1. The number of rotatable bonds is 6. The van der Waals surface area contributed by atoms with E-state index in [1.807, 2.05) is 0 Å². The number of carbonyl (C=O) groups is 1. The zero-order chi connectivity index (χ0) is 14.3. The van der Waals surface area contributed by atoms with Gasteiger partial charge in [0.05, 0.1) is 16.6 Å². The molecule has 0 heterocycles. The van der Waals surface area contributed by atoms with Crippen molar-refractivity contribution in [3.05, 3.63) is 28.3 Å². The maximum absolute atomic E-state index is 10.9. The Morgan fingerprint density at radius 2 is 2.32 bits per heavy atom. The number of hydrogen-bond donors (Lipinski definition) is 2. The van der Waals surface area contributed by atoms with E-state index in [1.165, 1.54) is 19.1 Å². The molecular weight excluding hydrogens is 268 g/mol. The fourth-order valence-electron chi connectivity index (χ4n) is 1.41. The monoisotopic (exact) mass is 280 g/mol. The lowest BCUT2D eigenvalue weighted by Crippen LogP contribution is -2.09. The first-order valence-corrected chi connectivity index (χ1v) is 5.79. The molecule has 0 unspecified atom stereocenters. The summed E-state index contributed by atoms with van der Waals surface area (Å²) in [5.74, 6) is -0.287. The second kappa shape index (κ2) is 7.20. The van der Waals surface area contributed by atoms with Crippen LogP contribution in [0.15, 0.2) is 23.2 Å². The summed E-state index contributed by atoms with van der Waals surface area (Å²) in [5.41, 5.74) is 0.623. The smallest absolute Gasteiger partial charge is 0.294 e. The standard InChI is InChI=1S/C11H12N4O3S/c1-8(16)14-9-2-3-10(11(6-9)15(17)18)13-5-4-12-7-19/h2-3,6,13H,4-5H2,1H3,(H,14,16). The molecule has 0 aliphatic carbocycles. The molecule has 19 heavy (non-hydrogen) atoms. The first kappa shape index (κ1) is 14.7. The zero-order valence-corrected chi connectivity index (χ0v) is 11.0. The van der Waals surface area contributed by atoms with E-state index in [9.17, 15) is 14.9 Å². The number of carbonyl (C=O) groups excluding carboxylic acids is 1. The predicted molar refractivity (Wildman–Crippen MR) is 75.8 cm³/mol. The van der Waals surface area contributed by atoms with Gasteiger partial charge in [-0.3, -0.25) is 14.9 Å². The molecule has 0 atom stereocenters. The number of nitro benzene ring substituents is 1. The Balaban J connectivity index is 2.88. The van der Waals surface area contributed by atoms with Gasteiger partial charge in [-0.15, -0.1) is 0 Å². The van der Waals surface area contributed by atoms with Crippen LogP contribution in [0.2, 0.25) is 0 Å². The Hall–Kier alpha value is -2.31. The summed E-state index contributed by atoms with van der Waals surface area (Å²) >= 11 is 4.41. The number of benzene rings is 1. The minimum Gasteiger partial charge on any atom is -0.378 e. The van der Waals surface area contributed by atoms with E-state index < -0.39 is 4.92 Å². The van der Waals surface area contributed by atoms with Gasteiger partial charge in [-0.1, -0.05) is 0 Å². The lowest BCUT2D eigenvalue weighted by atomic mass is 10.2. The predicted octanol–water partition coefficient (Wildman–Crippen LogP) is 2.07. The SMILES string of the molecule is CC(=O)Nc1ccc(NCCN=C=S)c([N+](=O)[O-])c1. The van der Waals surface area contributed by atoms with Gasteiger partial charge in [-0.05, 0) is 24.4 Å². The van der Waals surface area contributed by atoms with Crippen LogP contribution in [0.1, 0.15) is 6.92 Å². The van der Waals surface area contributed by atoms with Gasteiger partial charge in [-0.2, -0.15) is 0 Å². The van der Waals surface area contributed by atoms with E-state index in [4.69, 9.17) is 0 Å². The van der Waals surface area contributed by atoms with Crippen molar-refractivity contribution in [3.63, 3.8) is 0 Å². The van der Waals surface area contributed by atoms with Crippen LogP contribution in [-0.2, 0) is 4.79 Å². The fraction of sp³-hybridized carbons (Fsp3) is 0.273. The van der Waals surface area contributed by atoms with Crippen LogP contribution < -0.4 is 10.6 Å².